The van der Waals surface area contributed by atoms with Crippen LogP contribution < -0.4 is 0 Å². The van der Waals surface area contributed by atoms with Gasteiger partial charge in [-0.25, -0.2) is 0 Å². The molecule has 2 nitrogen and oxygen atoms in total. The molecule has 2 aromatic carbocycles. The molecule has 182 valence electrons. The second-order valence-electron chi connectivity index (χ2n) is 10.1. The van der Waals surface area contributed by atoms with E-state index in [1.165, 1.54) is 49.7 Å². The van der Waals surface area contributed by atoms with Crippen LogP contribution in [0, 0.1) is 5.92 Å². The van der Waals surface area contributed by atoms with Gasteiger partial charge in [-0.05, 0) is 47.4 Å². The van der Waals surface area contributed by atoms with Crippen LogP contribution in [-0.2, 0) is 23.1 Å². The Balaban J connectivity index is 1.70. The lowest BCUT2D eigenvalue weighted by Crippen LogP contribution is -2.34. The fraction of sp³-hybridized carbons (Fsp3) is 0.469. The summed E-state index contributed by atoms with van der Waals surface area (Å²) in [5.41, 5.74) is 3.53. The predicted octanol–water partition coefficient (Wildman–Crippen LogP) is 8.41. The number of aryl methyl sites for hydroxylation is 1. The van der Waals surface area contributed by atoms with E-state index in [0.717, 1.165) is 30.4 Å². The van der Waals surface area contributed by atoms with Crippen molar-refractivity contribution in [2.24, 2.45) is 5.92 Å². The van der Waals surface area contributed by atoms with Crippen LogP contribution in [-0.4, -0.2) is 11.1 Å². The largest absolute Gasteiger partial charge is 0.480 e. The molecule has 3 rings (SSSR count). The zero-order valence-corrected chi connectivity index (χ0v) is 21.3. The lowest BCUT2D eigenvalue weighted by molar-refractivity contribution is -0.140. The molecule has 0 heterocycles. The summed E-state index contributed by atoms with van der Waals surface area (Å²) in [7, 11) is 0. The highest BCUT2D eigenvalue weighted by molar-refractivity contribution is 5.88. The van der Waals surface area contributed by atoms with Crippen molar-refractivity contribution in [1.82, 2.24) is 0 Å². The smallest absolute Gasteiger partial charge is 0.321 e. The number of hydrogen-bond donors (Lipinski definition) is 1. The van der Waals surface area contributed by atoms with Gasteiger partial charge in [0.15, 0.2) is 0 Å². The monoisotopic (exact) mass is 458 g/mol. The standard InChI is InChI=1S/C32H42O2/c1-4-6-7-8-9-10-13-26-16-18-27(19-17-26)28-20-22-32(23-21-28,31(33)34)30-15-12-11-14-29(30)24-25(3)5-2/h11-12,14-23,25,28H,4-10,13,24H2,1-3H3,(H,33,34). The first-order valence-electron chi connectivity index (χ1n) is 13.3. The number of carbonyl (C=O) groups is 1. The molecule has 1 unspecified atom stereocenters. The molecule has 1 atom stereocenters. The molecule has 1 N–H and O–H groups in total. The molecule has 34 heavy (non-hydrogen) atoms. The second kappa shape index (κ2) is 12.7. The van der Waals surface area contributed by atoms with E-state index >= 15 is 0 Å². The van der Waals surface area contributed by atoms with Crippen LogP contribution in [0.25, 0.3) is 0 Å². The Morgan fingerprint density at radius 1 is 0.912 bits per heavy atom. The van der Waals surface area contributed by atoms with Gasteiger partial charge >= 0.3 is 5.97 Å². The molecule has 0 fully saturated rings. The molecule has 0 amide bonds. The van der Waals surface area contributed by atoms with E-state index in [0.29, 0.717) is 5.92 Å². The molecular weight excluding hydrogens is 416 g/mol. The third-order valence-corrected chi connectivity index (χ3v) is 7.40. The number of allylic oxidation sites excluding steroid dienone is 2. The van der Waals surface area contributed by atoms with Gasteiger partial charge in [0.1, 0.15) is 5.41 Å². The van der Waals surface area contributed by atoms with Gasteiger partial charge in [0.05, 0.1) is 0 Å². The maximum absolute atomic E-state index is 12.6. The van der Waals surface area contributed by atoms with Gasteiger partial charge in [-0.15, -0.1) is 0 Å². The second-order valence-corrected chi connectivity index (χ2v) is 10.1. The summed E-state index contributed by atoms with van der Waals surface area (Å²) in [5.74, 6) is -0.187. The van der Waals surface area contributed by atoms with Crippen molar-refractivity contribution < 1.29 is 9.90 Å². The third kappa shape index (κ3) is 6.50. The topological polar surface area (TPSA) is 37.3 Å². The summed E-state index contributed by atoms with van der Waals surface area (Å²) in [6.07, 6.45) is 19.0. The molecule has 0 bridgehead atoms. The molecular formula is C32H42O2. The van der Waals surface area contributed by atoms with E-state index < -0.39 is 11.4 Å². The molecule has 1 aliphatic carbocycles. The van der Waals surface area contributed by atoms with Crippen LogP contribution >= 0.6 is 0 Å². The molecule has 0 spiro atoms. The first kappa shape index (κ1) is 26.0. The van der Waals surface area contributed by atoms with Gasteiger partial charge in [-0.2, -0.15) is 0 Å². The Morgan fingerprint density at radius 3 is 2.21 bits per heavy atom. The molecule has 2 heteroatoms. The van der Waals surface area contributed by atoms with Gasteiger partial charge in [0, 0.05) is 5.92 Å². The van der Waals surface area contributed by atoms with Gasteiger partial charge in [-0.3, -0.25) is 4.79 Å². The molecule has 2 aromatic rings. The highest BCUT2D eigenvalue weighted by atomic mass is 16.4. The van der Waals surface area contributed by atoms with Crippen molar-refractivity contribution in [1.29, 1.82) is 0 Å². The highest BCUT2D eigenvalue weighted by Gasteiger charge is 2.39. The highest BCUT2D eigenvalue weighted by Crippen LogP contribution is 2.38. The summed E-state index contributed by atoms with van der Waals surface area (Å²) in [6, 6.07) is 16.9. The van der Waals surface area contributed by atoms with Gasteiger partial charge in [-0.1, -0.05) is 132 Å². The third-order valence-electron chi connectivity index (χ3n) is 7.40. The van der Waals surface area contributed by atoms with Crippen LogP contribution in [0.4, 0.5) is 0 Å². The van der Waals surface area contributed by atoms with Crippen molar-refractivity contribution in [2.75, 3.05) is 0 Å². The van der Waals surface area contributed by atoms with E-state index in [9.17, 15) is 9.90 Å². The minimum Gasteiger partial charge on any atom is -0.480 e. The molecule has 0 saturated heterocycles. The van der Waals surface area contributed by atoms with Crippen LogP contribution in [0.2, 0.25) is 0 Å². The maximum Gasteiger partial charge on any atom is 0.321 e. The molecule has 0 radical (unpaired) electrons. The lowest BCUT2D eigenvalue weighted by atomic mass is 9.72. The van der Waals surface area contributed by atoms with E-state index in [-0.39, 0.29) is 5.92 Å². The number of aliphatic carboxylic acids is 1. The zero-order valence-electron chi connectivity index (χ0n) is 21.3. The summed E-state index contributed by atoms with van der Waals surface area (Å²) in [5, 5.41) is 10.3. The Morgan fingerprint density at radius 2 is 1.56 bits per heavy atom. The number of carboxylic acid groups (broad SMARTS) is 1. The minimum atomic E-state index is -1.10. The maximum atomic E-state index is 12.6. The molecule has 0 saturated carbocycles. The fourth-order valence-electron chi connectivity index (χ4n) is 4.93. The van der Waals surface area contributed by atoms with Crippen molar-refractivity contribution in [3.05, 3.63) is 95.1 Å². The average molecular weight is 459 g/mol. The summed E-state index contributed by atoms with van der Waals surface area (Å²) < 4.78 is 0. The minimum absolute atomic E-state index is 0.109. The quantitative estimate of drug-likeness (QED) is 0.242. The Labute approximate surface area is 206 Å². The zero-order chi connectivity index (χ0) is 24.4. The Hall–Kier alpha value is -2.61. The number of hydrogen-bond acceptors (Lipinski definition) is 1. The van der Waals surface area contributed by atoms with Gasteiger partial charge < -0.3 is 5.11 Å². The van der Waals surface area contributed by atoms with Crippen molar-refractivity contribution >= 4 is 5.97 Å². The van der Waals surface area contributed by atoms with Crippen LogP contribution in [0.5, 0.6) is 0 Å². The average Bonchev–Trinajstić information content (AvgIpc) is 2.87. The predicted molar refractivity (Wildman–Crippen MR) is 143 cm³/mol. The van der Waals surface area contributed by atoms with E-state index in [4.69, 9.17) is 0 Å². The molecule has 0 aromatic heterocycles. The van der Waals surface area contributed by atoms with E-state index in [1.54, 1.807) is 0 Å². The molecule has 1 aliphatic rings. The van der Waals surface area contributed by atoms with Crippen LogP contribution in [0.3, 0.4) is 0 Å². The Bertz CT molecular complexity index is 953. The molecule has 0 aliphatic heterocycles. The Kier molecular flexibility index (Phi) is 9.74. The first-order chi connectivity index (χ1) is 16.5. The number of benzene rings is 2. The van der Waals surface area contributed by atoms with Crippen LogP contribution in [0.1, 0.15) is 93.9 Å². The summed E-state index contributed by atoms with van der Waals surface area (Å²) >= 11 is 0. The SMILES string of the molecule is CCCCCCCCc1ccc(C2C=CC(C(=O)O)(c3ccccc3CC(C)CC)C=C2)cc1. The van der Waals surface area contributed by atoms with Crippen LogP contribution in [0.15, 0.2) is 72.8 Å². The van der Waals surface area contributed by atoms with E-state index in [2.05, 4.69) is 63.3 Å². The normalized spacial score (nSPS) is 20.4. The van der Waals surface area contributed by atoms with Crippen molar-refractivity contribution in [3.63, 3.8) is 0 Å². The van der Waals surface area contributed by atoms with Gasteiger partial charge in [0.2, 0.25) is 0 Å². The van der Waals surface area contributed by atoms with Gasteiger partial charge in [0.25, 0.3) is 0 Å². The first-order valence-corrected chi connectivity index (χ1v) is 13.3. The summed E-state index contributed by atoms with van der Waals surface area (Å²) in [4.78, 5) is 12.6. The number of unbranched alkanes of at least 4 members (excludes halogenated alkanes) is 5. The fourth-order valence-corrected chi connectivity index (χ4v) is 4.93. The number of carboxylic acids is 1. The van der Waals surface area contributed by atoms with E-state index in [1.807, 2.05) is 30.4 Å². The van der Waals surface area contributed by atoms with Crippen molar-refractivity contribution in [2.45, 2.75) is 89.9 Å². The van der Waals surface area contributed by atoms with Crippen molar-refractivity contribution in [3.8, 4) is 0 Å². The number of rotatable bonds is 13. The summed E-state index contributed by atoms with van der Waals surface area (Å²) in [6.45, 7) is 6.67. The lowest BCUT2D eigenvalue weighted by Gasteiger charge is -2.30.